The van der Waals surface area contributed by atoms with Crippen molar-refractivity contribution in [2.75, 3.05) is 11.9 Å². The van der Waals surface area contributed by atoms with E-state index in [0.717, 1.165) is 5.69 Å². The number of hydrogen-bond acceptors (Lipinski definition) is 3. The van der Waals surface area contributed by atoms with E-state index in [1.54, 1.807) is 48.3 Å². The lowest BCUT2D eigenvalue weighted by Gasteiger charge is -2.22. The number of carbonyl (C=O) groups excluding carboxylic acids is 1. The Bertz CT molecular complexity index is 704. The van der Waals surface area contributed by atoms with Crippen molar-refractivity contribution in [1.82, 2.24) is 0 Å². The van der Waals surface area contributed by atoms with E-state index in [2.05, 4.69) is 6.07 Å². The second kappa shape index (κ2) is 5.54. The first-order valence-corrected chi connectivity index (χ1v) is 6.08. The fourth-order valence-electron chi connectivity index (χ4n) is 2.06. The van der Waals surface area contributed by atoms with Crippen LogP contribution in [0.1, 0.15) is 22.8 Å². The summed E-state index contributed by atoms with van der Waals surface area (Å²) in [5.74, 6) is -0.875. The molecule has 0 saturated carbocycles. The zero-order chi connectivity index (χ0) is 14.7. The molecule has 0 aliphatic carbocycles. The molecular weight excluding hydrogens is 255 g/mol. The zero-order valence-electron chi connectivity index (χ0n) is 11.2. The maximum absolute atomic E-state index is 13.8. The van der Waals surface area contributed by atoms with Gasteiger partial charge in [-0.1, -0.05) is 12.1 Å². The van der Waals surface area contributed by atoms with Gasteiger partial charge in [0.15, 0.2) is 5.78 Å². The first kappa shape index (κ1) is 13.8. The van der Waals surface area contributed by atoms with Gasteiger partial charge in [-0.15, -0.1) is 0 Å². The van der Waals surface area contributed by atoms with Crippen molar-refractivity contribution in [3.05, 3.63) is 59.4 Å². The quantitative estimate of drug-likeness (QED) is 0.798. The molecule has 4 heteroatoms. The number of halogens is 1. The summed E-state index contributed by atoms with van der Waals surface area (Å²) in [5, 5.41) is 8.92. The third-order valence-electron chi connectivity index (χ3n) is 3.07. The van der Waals surface area contributed by atoms with Gasteiger partial charge in [-0.05, 0) is 37.3 Å². The lowest BCUT2D eigenvalue weighted by atomic mass is 10.1. The van der Waals surface area contributed by atoms with Gasteiger partial charge in [0.2, 0.25) is 0 Å². The van der Waals surface area contributed by atoms with Crippen LogP contribution >= 0.6 is 0 Å². The Hall–Kier alpha value is -2.67. The van der Waals surface area contributed by atoms with Crippen LogP contribution in [-0.2, 0) is 0 Å². The highest BCUT2D eigenvalue weighted by Crippen LogP contribution is 2.29. The van der Waals surface area contributed by atoms with Crippen LogP contribution < -0.4 is 4.90 Å². The van der Waals surface area contributed by atoms with Crippen LogP contribution in [-0.4, -0.2) is 12.8 Å². The highest BCUT2D eigenvalue weighted by atomic mass is 19.1. The third kappa shape index (κ3) is 2.52. The number of ketones is 1. The fraction of sp³-hybridized carbons (Fsp3) is 0.125. The SMILES string of the molecule is CC(=O)c1c(F)cccc1N(C)c1cccc(C#N)c1. The van der Waals surface area contributed by atoms with Gasteiger partial charge < -0.3 is 4.90 Å². The Labute approximate surface area is 116 Å². The summed E-state index contributed by atoms with van der Waals surface area (Å²) in [6, 6.07) is 13.5. The Balaban J connectivity index is 2.54. The largest absolute Gasteiger partial charge is 0.344 e. The maximum Gasteiger partial charge on any atom is 0.164 e. The first-order chi connectivity index (χ1) is 9.54. The van der Waals surface area contributed by atoms with Crippen molar-refractivity contribution in [2.45, 2.75) is 6.92 Å². The summed E-state index contributed by atoms with van der Waals surface area (Å²) < 4.78 is 13.8. The van der Waals surface area contributed by atoms with Gasteiger partial charge >= 0.3 is 0 Å². The van der Waals surface area contributed by atoms with E-state index in [1.165, 1.54) is 13.0 Å². The van der Waals surface area contributed by atoms with Gasteiger partial charge in [0, 0.05) is 12.7 Å². The minimum atomic E-state index is -0.543. The standard InChI is InChI=1S/C16H13FN2O/c1-11(20)16-14(17)7-4-8-15(16)19(2)13-6-3-5-12(9-13)10-18/h3-9H,1-2H3. The average Bonchev–Trinajstić information content (AvgIpc) is 2.45. The molecule has 20 heavy (non-hydrogen) atoms. The number of carbonyl (C=O) groups is 1. The van der Waals surface area contributed by atoms with E-state index in [0.29, 0.717) is 11.3 Å². The lowest BCUT2D eigenvalue weighted by Crippen LogP contribution is -2.14. The van der Waals surface area contributed by atoms with Crippen molar-refractivity contribution >= 4 is 17.2 Å². The fourth-order valence-corrected chi connectivity index (χ4v) is 2.06. The molecule has 100 valence electrons. The molecular formula is C16H13FN2O. The average molecular weight is 268 g/mol. The maximum atomic E-state index is 13.8. The molecule has 0 bridgehead atoms. The van der Waals surface area contributed by atoms with Crippen molar-refractivity contribution in [1.29, 1.82) is 5.26 Å². The molecule has 0 heterocycles. The molecule has 0 unspecified atom stereocenters. The number of anilines is 2. The molecule has 2 rings (SSSR count). The van der Waals surface area contributed by atoms with Crippen LogP contribution in [0.15, 0.2) is 42.5 Å². The molecule has 0 aliphatic heterocycles. The van der Waals surface area contributed by atoms with Crippen molar-refractivity contribution in [3.8, 4) is 6.07 Å². The van der Waals surface area contributed by atoms with Crippen molar-refractivity contribution in [3.63, 3.8) is 0 Å². The highest BCUT2D eigenvalue weighted by Gasteiger charge is 2.16. The van der Waals surface area contributed by atoms with Crippen LogP contribution in [0.25, 0.3) is 0 Å². The second-order valence-electron chi connectivity index (χ2n) is 4.41. The van der Waals surface area contributed by atoms with Crippen molar-refractivity contribution in [2.24, 2.45) is 0 Å². The molecule has 2 aromatic carbocycles. The van der Waals surface area contributed by atoms with Crippen molar-refractivity contribution < 1.29 is 9.18 Å². The summed E-state index contributed by atoms with van der Waals surface area (Å²) in [6.07, 6.45) is 0. The summed E-state index contributed by atoms with van der Waals surface area (Å²) in [7, 11) is 1.73. The van der Waals surface area contributed by atoms with E-state index in [9.17, 15) is 9.18 Å². The Morgan fingerprint density at radius 1 is 1.25 bits per heavy atom. The topological polar surface area (TPSA) is 44.1 Å². The predicted molar refractivity (Wildman–Crippen MR) is 75.6 cm³/mol. The molecule has 0 atom stereocenters. The van der Waals surface area contributed by atoms with Crippen LogP contribution in [0.5, 0.6) is 0 Å². The molecule has 0 N–H and O–H groups in total. The Kier molecular flexibility index (Phi) is 3.81. The normalized spacial score (nSPS) is 9.90. The van der Waals surface area contributed by atoms with E-state index >= 15 is 0 Å². The number of hydrogen-bond donors (Lipinski definition) is 0. The van der Waals surface area contributed by atoms with Gasteiger partial charge in [-0.25, -0.2) is 4.39 Å². The minimum Gasteiger partial charge on any atom is -0.344 e. The summed E-state index contributed by atoms with van der Waals surface area (Å²) in [4.78, 5) is 13.3. The van der Waals surface area contributed by atoms with E-state index in [4.69, 9.17) is 5.26 Å². The summed E-state index contributed by atoms with van der Waals surface area (Å²) in [5.41, 5.74) is 1.76. The van der Waals surface area contributed by atoms with Crippen LogP contribution in [0.2, 0.25) is 0 Å². The van der Waals surface area contributed by atoms with Gasteiger partial charge in [0.1, 0.15) is 5.82 Å². The van der Waals surface area contributed by atoms with Crippen LogP contribution in [0, 0.1) is 17.1 Å². The number of nitrogens with zero attached hydrogens (tertiary/aromatic N) is 2. The summed E-state index contributed by atoms with van der Waals surface area (Å²) in [6.45, 7) is 1.33. The molecule has 0 amide bonds. The van der Waals surface area contributed by atoms with Gasteiger partial charge in [-0.3, -0.25) is 4.79 Å². The second-order valence-corrected chi connectivity index (χ2v) is 4.41. The van der Waals surface area contributed by atoms with Gasteiger partial charge in [0.25, 0.3) is 0 Å². The third-order valence-corrected chi connectivity index (χ3v) is 3.07. The Morgan fingerprint density at radius 2 is 1.95 bits per heavy atom. The molecule has 0 spiro atoms. The molecule has 0 aromatic heterocycles. The van der Waals surface area contributed by atoms with E-state index in [1.807, 2.05) is 0 Å². The number of Topliss-reactive ketones (excluding diaryl/α,β-unsaturated/α-hetero) is 1. The number of rotatable bonds is 3. The minimum absolute atomic E-state index is 0.0531. The zero-order valence-corrected chi connectivity index (χ0v) is 11.2. The van der Waals surface area contributed by atoms with Crippen LogP contribution in [0.3, 0.4) is 0 Å². The lowest BCUT2D eigenvalue weighted by molar-refractivity contribution is 0.101. The molecule has 3 nitrogen and oxygen atoms in total. The summed E-state index contributed by atoms with van der Waals surface area (Å²) >= 11 is 0. The number of nitriles is 1. The molecule has 0 radical (unpaired) electrons. The Morgan fingerprint density at radius 3 is 2.60 bits per heavy atom. The molecule has 2 aromatic rings. The van der Waals surface area contributed by atoms with Gasteiger partial charge in [-0.2, -0.15) is 5.26 Å². The molecule has 0 saturated heterocycles. The number of benzene rings is 2. The predicted octanol–water partition coefficient (Wildman–Crippen LogP) is 3.67. The first-order valence-electron chi connectivity index (χ1n) is 6.08. The smallest absolute Gasteiger partial charge is 0.164 e. The monoisotopic (exact) mass is 268 g/mol. The van der Waals surface area contributed by atoms with E-state index < -0.39 is 5.82 Å². The van der Waals surface area contributed by atoms with Gasteiger partial charge in [0.05, 0.1) is 22.9 Å². The van der Waals surface area contributed by atoms with Crippen LogP contribution in [0.4, 0.5) is 15.8 Å². The highest BCUT2D eigenvalue weighted by molar-refractivity contribution is 6.00. The van der Waals surface area contributed by atoms with E-state index in [-0.39, 0.29) is 11.3 Å². The molecule has 0 aliphatic rings. The molecule has 0 fully saturated rings.